The number of hydrogen-bond donors (Lipinski definition) is 0. The molecule has 0 N–H and O–H groups in total. The topological polar surface area (TPSA) is 48.0 Å². The van der Waals surface area contributed by atoms with Crippen LogP contribution in [0.1, 0.15) is 71.8 Å². The van der Waals surface area contributed by atoms with Gasteiger partial charge in [-0.25, -0.2) is 0 Å². The van der Waals surface area contributed by atoms with Gasteiger partial charge in [-0.05, 0) is 71.1 Å². The molecule has 1 unspecified atom stereocenters. The van der Waals surface area contributed by atoms with Gasteiger partial charge in [-0.1, -0.05) is 18.9 Å². The summed E-state index contributed by atoms with van der Waals surface area (Å²) in [5.74, 6) is 1.80. The molecule has 1 heterocycles. The van der Waals surface area contributed by atoms with E-state index < -0.39 is 0 Å². The second kappa shape index (κ2) is 9.38. The molecular weight excluding hydrogens is 366 g/mol. The van der Waals surface area contributed by atoms with Crippen molar-refractivity contribution in [3.8, 4) is 11.5 Å². The third-order valence-electron chi connectivity index (χ3n) is 6.04. The van der Waals surface area contributed by atoms with E-state index in [0.717, 1.165) is 42.7 Å². The molecule has 1 aliphatic carbocycles. The quantitative estimate of drug-likeness (QED) is 0.646. The Balaban J connectivity index is 1.81. The molecule has 1 aliphatic heterocycles. The zero-order valence-electron chi connectivity index (χ0n) is 18.7. The number of hydrogen-bond acceptors (Lipinski definition) is 4. The maximum absolute atomic E-state index is 13.6. The number of ether oxygens (including phenoxy) is 3. The first-order valence-electron chi connectivity index (χ1n) is 11.1. The molecule has 1 atom stereocenters. The Morgan fingerprint density at radius 1 is 1.21 bits per heavy atom. The first-order valence-corrected chi connectivity index (χ1v) is 11.1. The van der Waals surface area contributed by atoms with Gasteiger partial charge in [-0.3, -0.25) is 4.79 Å². The summed E-state index contributed by atoms with van der Waals surface area (Å²) in [5.41, 5.74) is 0.867. The summed E-state index contributed by atoms with van der Waals surface area (Å²) >= 11 is 0. The van der Waals surface area contributed by atoms with Gasteiger partial charge in [0.25, 0.3) is 0 Å². The molecule has 5 heteroatoms. The maximum atomic E-state index is 13.6. The molecule has 0 spiro atoms. The van der Waals surface area contributed by atoms with Crippen LogP contribution in [-0.4, -0.2) is 42.3 Å². The molecule has 2 aliphatic rings. The molecule has 1 amide bonds. The van der Waals surface area contributed by atoms with Gasteiger partial charge in [0.05, 0.1) is 18.8 Å². The van der Waals surface area contributed by atoms with Gasteiger partial charge >= 0.3 is 0 Å². The van der Waals surface area contributed by atoms with Gasteiger partial charge < -0.3 is 19.1 Å². The summed E-state index contributed by atoms with van der Waals surface area (Å²) < 4.78 is 17.2. The highest BCUT2D eigenvalue weighted by Gasteiger charge is 2.37. The highest BCUT2D eigenvalue weighted by Crippen LogP contribution is 2.35. The lowest BCUT2D eigenvalue weighted by atomic mass is 9.87. The zero-order valence-corrected chi connectivity index (χ0v) is 18.7. The summed E-state index contributed by atoms with van der Waals surface area (Å²) in [6.45, 7) is 9.48. The van der Waals surface area contributed by atoms with Crippen LogP contribution in [0.5, 0.6) is 11.5 Å². The van der Waals surface area contributed by atoms with E-state index in [1.807, 2.05) is 26.0 Å². The number of methoxy groups -OCH3 is 1. The van der Waals surface area contributed by atoms with Crippen molar-refractivity contribution in [1.29, 1.82) is 0 Å². The smallest absolute Gasteiger partial charge is 0.226 e. The fraction of sp³-hybridized carbons (Fsp3) is 0.708. The number of carbonyl (C=O) groups is 1. The average molecular weight is 404 g/mol. The van der Waals surface area contributed by atoms with Crippen molar-refractivity contribution in [2.24, 2.45) is 5.92 Å². The van der Waals surface area contributed by atoms with Gasteiger partial charge in [0, 0.05) is 25.1 Å². The van der Waals surface area contributed by atoms with Crippen LogP contribution in [0.15, 0.2) is 18.2 Å². The first-order chi connectivity index (χ1) is 13.8. The number of carbonyl (C=O) groups excluding carboxylic acids is 1. The van der Waals surface area contributed by atoms with Crippen LogP contribution in [0.4, 0.5) is 0 Å². The van der Waals surface area contributed by atoms with Crippen molar-refractivity contribution in [3.05, 3.63) is 23.8 Å². The normalized spacial score (nSPS) is 21.9. The SMILES string of the molecule is COc1ccc(CN(C(=O)C2CCOC(C)(C)C2)C2CCCC2)cc1OC(C)C. The summed E-state index contributed by atoms with van der Waals surface area (Å²) in [6, 6.07) is 6.36. The van der Waals surface area contributed by atoms with Crippen molar-refractivity contribution in [3.63, 3.8) is 0 Å². The van der Waals surface area contributed by atoms with E-state index in [4.69, 9.17) is 14.2 Å². The molecule has 0 aromatic heterocycles. The minimum atomic E-state index is -0.224. The van der Waals surface area contributed by atoms with Crippen molar-refractivity contribution in [2.45, 2.75) is 90.5 Å². The molecule has 1 aromatic carbocycles. The van der Waals surface area contributed by atoms with Crippen LogP contribution in [-0.2, 0) is 16.1 Å². The lowest BCUT2D eigenvalue weighted by Crippen LogP contribution is -2.46. The molecule has 162 valence electrons. The number of nitrogens with zero attached hydrogens (tertiary/aromatic N) is 1. The lowest BCUT2D eigenvalue weighted by molar-refractivity contribution is -0.148. The predicted molar refractivity (Wildman–Crippen MR) is 114 cm³/mol. The van der Waals surface area contributed by atoms with Gasteiger partial charge in [0.1, 0.15) is 0 Å². The van der Waals surface area contributed by atoms with Gasteiger partial charge in [-0.2, -0.15) is 0 Å². The van der Waals surface area contributed by atoms with Crippen LogP contribution in [0, 0.1) is 5.92 Å². The highest BCUT2D eigenvalue weighted by atomic mass is 16.5. The van der Waals surface area contributed by atoms with E-state index in [1.165, 1.54) is 12.8 Å². The number of benzene rings is 1. The fourth-order valence-electron chi connectivity index (χ4n) is 4.64. The van der Waals surface area contributed by atoms with Crippen LogP contribution >= 0.6 is 0 Å². The number of rotatable bonds is 7. The summed E-state index contributed by atoms with van der Waals surface area (Å²) in [6.07, 6.45) is 6.29. The van der Waals surface area contributed by atoms with Gasteiger partial charge in [-0.15, -0.1) is 0 Å². The van der Waals surface area contributed by atoms with Crippen LogP contribution in [0.3, 0.4) is 0 Å². The van der Waals surface area contributed by atoms with Crippen molar-refractivity contribution >= 4 is 5.91 Å². The Kier molecular flexibility index (Phi) is 7.10. The molecule has 1 saturated heterocycles. The first kappa shape index (κ1) is 21.9. The van der Waals surface area contributed by atoms with Gasteiger partial charge in [0.15, 0.2) is 11.5 Å². The van der Waals surface area contributed by atoms with E-state index in [1.54, 1.807) is 7.11 Å². The summed E-state index contributed by atoms with van der Waals surface area (Å²) in [7, 11) is 1.66. The predicted octanol–water partition coefficient (Wildman–Crippen LogP) is 4.96. The molecule has 5 nitrogen and oxygen atoms in total. The van der Waals surface area contributed by atoms with Crippen molar-refractivity contribution in [2.75, 3.05) is 13.7 Å². The van der Waals surface area contributed by atoms with Crippen LogP contribution < -0.4 is 9.47 Å². The van der Waals surface area contributed by atoms with Crippen LogP contribution in [0.2, 0.25) is 0 Å². The third kappa shape index (κ3) is 5.65. The maximum Gasteiger partial charge on any atom is 0.226 e. The molecule has 1 aromatic rings. The van der Waals surface area contributed by atoms with E-state index in [9.17, 15) is 4.79 Å². The molecule has 2 fully saturated rings. The van der Waals surface area contributed by atoms with Crippen LogP contribution in [0.25, 0.3) is 0 Å². The highest BCUT2D eigenvalue weighted by molar-refractivity contribution is 5.79. The van der Waals surface area contributed by atoms with Crippen molar-refractivity contribution in [1.82, 2.24) is 4.90 Å². The van der Waals surface area contributed by atoms with E-state index >= 15 is 0 Å². The Morgan fingerprint density at radius 2 is 1.93 bits per heavy atom. The Bertz CT molecular complexity index is 694. The number of amides is 1. The second-order valence-corrected chi connectivity index (χ2v) is 9.35. The van der Waals surface area contributed by atoms with E-state index in [0.29, 0.717) is 19.2 Å². The molecule has 0 radical (unpaired) electrons. The van der Waals surface area contributed by atoms with Gasteiger partial charge in [0.2, 0.25) is 5.91 Å². The third-order valence-corrected chi connectivity index (χ3v) is 6.04. The minimum absolute atomic E-state index is 0.0454. The largest absolute Gasteiger partial charge is 0.493 e. The lowest BCUT2D eigenvalue weighted by Gasteiger charge is -2.39. The minimum Gasteiger partial charge on any atom is -0.493 e. The fourth-order valence-corrected chi connectivity index (χ4v) is 4.64. The molecule has 1 saturated carbocycles. The molecular formula is C24H37NO4. The average Bonchev–Trinajstić information content (AvgIpc) is 3.19. The molecule has 3 rings (SSSR count). The Morgan fingerprint density at radius 3 is 2.55 bits per heavy atom. The second-order valence-electron chi connectivity index (χ2n) is 9.35. The molecule has 0 bridgehead atoms. The molecule has 29 heavy (non-hydrogen) atoms. The summed E-state index contributed by atoms with van der Waals surface area (Å²) in [4.78, 5) is 15.7. The monoisotopic (exact) mass is 403 g/mol. The Hall–Kier alpha value is -1.75. The zero-order chi connectivity index (χ0) is 21.0. The Labute approximate surface area is 175 Å². The van der Waals surface area contributed by atoms with E-state index in [2.05, 4.69) is 24.8 Å². The summed E-state index contributed by atoms with van der Waals surface area (Å²) in [5, 5.41) is 0. The van der Waals surface area contributed by atoms with Crippen molar-refractivity contribution < 1.29 is 19.0 Å². The van der Waals surface area contributed by atoms with E-state index in [-0.39, 0.29) is 23.5 Å². The standard InChI is InChI=1S/C24H37NO4/c1-17(2)29-22-14-18(10-11-21(22)27-5)16-25(20-8-6-7-9-20)23(26)19-12-13-28-24(3,4)15-19/h10-11,14,17,19-20H,6-9,12-13,15-16H2,1-5H3.